The Morgan fingerprint density at radius 2 is 2.32 bits per heavy atom. The number of aromatic amines is 1. The van der Waals surface area contributed by atoms with Gasteiger partial charge in [0.05, 0.1) is 12.1 Å². The minimum absolute atomic E-state index is 0.00306. The number of anilines is 1. The zero-order chi connectivity index (χ0) is 19.8. The lowest BCUT2D eigenvalue weighted by atomic mass is 10.0. The number of fused-ring (bicyclic) bond motifs is 1. The van der Waals surface area contributed by atoms with Crippen LogP contribution in [0.5, 0.6) is 0 Å². The molecule has 0 spiro atoms. The first-order valence-corrected chi connectivity index (χ1v) is 10.6. The number of nitrogens with one attached hydrogen (secondary N) is 2. The van der Waals surface area contributed by atoms with Crippen LogP contribution in [0.2, 0.25) is 0 Å². The van der Waals surface area contributed by atoms with Crippen molar-refractivity contribution in [1.29, 1.82) is 0 Å². The lowest BCUT2D eigenvalue weighted by Crippen LogP contribution is -2.70. The summed E-state index contributed by atoms with van der Waals surface area (Å²) in [7, 11) is 0. The van der Waals surface area contributed by atoms with E-state index in [0.29, 0.717) is 26.6 Å². The first-order chi connectivity index (χ1) is 13.4. The van der Waals surface area contributed by atoms with Crippen LogP contribution in [-0.4, -0.2) is 65.1 Å². The lowest BCUT2D eigenvalue weighted by Gasteiger charge is -2.49. The molecule has 5 N–H and O–H groups in total. The molecule has 14 heteroatoms. The number of nitrogens with zero attached hydrogens (tertiary/aromatic N) is 4. The highest BCUT2D eigenvalue weighted by Crippen LogP contribution is 2.44. The molecule has 2 aromatic heterocycles. The van der Waals surface area contributed by atoms with Crippen LogP contribution in [0, 0.1) is 0 Å². The van der Waals surface area contributed by atoms with E-state index in [2.05, 4.69) is 25.5 Å². The summed E-state index contributed by atoms with van der Waals surface area (Å²) < 4.78 is 0. The largest absolute Gasteiger partial charge is 0.477 e. The number of aliphatic carboxylic acids is 1. The summed E-state index contributed by atoms with van der Waals surface area (Å²) >= 11 is 3.73. The number of aromatic nitrogens is 4. The first kappa shape index (κ1) is 18.8. The number of carboxylic acid groups (broad SMARTS) is 1. The molecular weight excluding hydrogens is 426 g/mol. The van der Waals surface area contributed by atoms with Crippen LogP contribution in [0.3, 0.4) is 0 Å². The van der Waals surface area contributed by atoms with Crippen molar-refractivity contribution in [2.75, 3.05) is 11.5 Å². The fourth-order valence-electron chi connectivity index (χ4n) is 2.82. The summed E-state index contributed by atoms with van der Waals surface area (Å²) in [6.45, 7) is 0. The van der Waals surface area contributed by atoms with Gasteiger partial charge in [-0.15, -0.1) is 23.1 Å². The molecule has 1 fully saturated rings. The summed E-state index contributed by atoms with van der Waals surface area (Å²) in [5, 5.41) is 20.7. The molecule has 0 bridgehead atoms. The Bertz CT molecular complexity index is 974. The molecule has 2 amide bonds. The van der Waals surface area contributed by atoms with E-state index < -0.39 is 23.3 Å². The average Bonchev–Trinajstić information content (AvgIpc) is 3.30. The van der Waals surface area contributed by atoms with Gasteiger partial charge in [-0.05, 0) is 0 Å². The Kier molecular flexibility index (Phi) is 4.99. The fraction of sp³-hybridized carbons (Fsp3) is 0.286. The Balaban J connectivity index is 1.47. The zero-order valence-electron chi connectivity index (χ0n) is 14.0. The average molecular weight is 440 g/mol. The second-order valence-electron chi connectivity index (χ2n) is 5.78. The number of β-lactam (4-membered cyclic amide) rings is 1. The van der Waals surface area contributed by atoms with Crippen LogP contribution in [0.15, 0.2) is 27.5 Å². The summed E-state index contributed by atoms with van der Waals surface area (Å²) in [5.41, 5.74) is 5.98. The van der Waals surface area contributed by atoms with Gasteiger partial charge in [0.1, 0.15) is 23.4 Å². The molecule has 11 nitrogen and oxygen atoms in total. The van der Waals surface area contributed by atoms with Gasteiger partial charge in [-0.1, -0.05) is 11.8 Å². The summed E-state index contributed by atoms with van der Waals surface area (Å²) in [5.74, 6) is -1.66. The SMILES string of the molecule is Nc1nc(CC(=O)N[C@@H]2C(=O)N3C(C(=O)O)=C(Sc4ncn[nH]4)CS[C@H]23)cs1. The van der Waals surface area contributed by atoms with Gasteiger partial charge in [-0.25, -0.2) is 14.8 Å². The van der Waals surface area contributed by atoms with Gasteiger partial charge in [0.2, 0.25) is 5.91 Å². The van der Waals surface area contributed by atoms with Crippen molar-refractivity contribution in [2.45, 2.75) is 23.0 Å². The van der Waals surface area contributed by atoms with Crippen LogP contribution in [0.1, 0.15) is 5.69 Å². The molecular formula is C14H13N7O4S3. The number of hydrogen-bond donors (Lipinski definition) is 4. The molecule has 2 aliphatic rings. The predicted molar refractivity (Wildman–Crippen MR) is 102 cm³/mol. The smallest absolute Gasteiger partial charge is 0.353 e. The lowest BCUT2D eigenvalue weighted by molar-refractivity contribution is -0.150. The molecule has 2 aromatic rings. The van der Waals surface area contributed by atoms with Crippen LogP contribution < -0.4 is 11.1 Å². The molecule has 0 unspecified atom stereocenters. The number of nitrogens with two attached hydrogens (primary N) is 1. The third-order valence-corrected chi connectivity index (χ3v) is 7.14. The number of nitrogen functional groups attached to an aromatic ring is 1. The molecule has 0 aromatic carbocycles. The van der Waals surface area contributed by atoms with Crippen molar-refractivity contribution < 1.29 is 19.5 Å². The van der Waals surface area contributed by atoms with Crippen LogP contribution in [-0.2, 0) is 20.8 Å². The molecule has 4 heterocycles. The number of H-pyrrole nitrogens is 1. The molecule has 0 saturated carbocycles. The van der Waals surface area contributed by atoms with Gasteiger partial charge in [0, 0.05) is 16.0 Å². The number of hydrogen-bond acceptors (Lipinski definition) is 10. The van der Waals surface area contributed by atoms with Gasteiger partial charge >= 0.3 is 5.97 Å². The normalized spacial score (nSPS) is 21.3. The highest BCUT2D eigenvalue weighted by atomic mass is 32.2. The summed E-state index contributed by atoms with van der Waals surface area (Å²) in [6.07, 6.45) is 1.32. The number of thiazole rings is 1. The number of thioether (sulfide) groups is 2. The van der Waals surface area contributed by atoms with E-state index in [1.165, 1.54) is 34.3 Å². The van der Waals surface area contributed by atoms with Crippen molar-refractivity contribution in [3.8, 4) is 0 Å². The second-order valence-corrected chi connectivity index (χ2v) is 8.86. The van der Waals surface area contributed by atoms with Gasteiger partial charge in [-0.2, -0.15) is 5.10 Å². The monoisotopic (exact) mass is 439 g/mol. The molecule has 0 radical (unpaired) electrons. The van der Waals surface area contributed by atoms with E-state index in [1.54, 1.807) is 5.38 Å². The van der Waals surface area contributed by atoms with E-state index in [0.717, 1.165) is 11.8 Å². The zero-order valence-corrected chi connectivity index (χ0v) is 16.4. The van der Waals surface area contributed by atoms with Crippen LogP contribution in [0.25, 0.3) is 0 Å². The van der Waals surface area contributed by atoms with Crippen LogP contribution >= 0.6 is 34.9 Å². The Morgan fingerprint density at radius 3 is 2.96 bits per heavy atom. The topological polar surface area (TPSA) is 167 Å². The molecule has 2 atom stereocenters. The third kappa shape index (κ3) is 3.45. The second kappa shape index (κ2) is 7.44. The minimum atomic E-state index is -1.21. The van der Waals surface area contributed by atoms with Gasteiger partial charge in [-0.3, -0.25) is 19.6 Å². The molecule has 28 heavy (non-hydrogen) atoms. The minimum Gasteiger partial charge on any atom is -0.477 e. The number of carbonyl (C=O) groups excluding carboxylic acids is 2. The Morgan fingerprint density at radius 1 is 1.50 bits per heavy atom. The quantitative estimate of drug-likeness (QED) is 0.445. The van der Waals surface area contributed by atoms with Crippen molar-refractivity contribution in [3.05, 3.63) is 28.0 Å². The summed E-state index contributed by atoms with van der Waals surface area (Å²) in [4.78, 5) is 46.2. The summed E-state index contributed by atoms with van der Waals surface area (Å²) in [6, 6.07) is -0.778. The number of carboxylic acids is 1. The van der Waals surface area contributed by atoms with Gasteiger partial charge in [0.25, 0.3) is 5.91 Å². The van der Waals surface area contributed by atoms with Crippen molar-refractivity contribution in [2.24, 2.45) is 0 Å². The maximum Gasteiger partial charge on any atom is 0.353 e. The molecule has 2 aliphatic heterocycles. The van der Waals surface area contributed by atoms with E-state index in [4.69, 9.17) is 5.73 Å². The Hall–Kier alpha value is -2.58. The van der Waals surface area contributed by atoms with E-state index in [1.807, 2.05) is 0 Å². The number of rotatable bonds is 6. The molecule has 4 rings (SSSR count). The standard InChI is InChI=1S/C14H13N7O4S3/c15-13-18-5(2-27-13)1-7(22)19-8-10(23)21-9(12(24)25)6(3-26-11(8)21)28-14-16-4-17-20-14/h2,4,8,11H,1,3H2,(H2,15,18)(H,19,22)(H,24,25)(H,16,17,20)/t8-,11-/m1/s1. The molecule has 146 valence electrons. The fourth-order valence-corrected chi connectivity index (χ4v) is 5.73. The van der Waals surface area contributed by atoms with Crippen molar-refractivity contribution in [1.82, 2.24) is 30.4 Å². The number of amides is 2. The third-order valence-electron chi connectivity index (χ3n) is 3.98. The predicted octanol–water partition coefficient (Wildman–Crippen LogP) is -0.126. The first-order valence-electron chi connectivity index (χ1n) is 7.87. The maximum absolute atomic E-state index is 12.6. The highest BCUT2D eigenvalue weighted by Gasteiger charge is 2.54. The van der Waals surface area contributed by atoms with E-state index >= 15 is 0 Å². The van der Waals surface area contributed by atoms with Crippen molar-refractivity contribution in [3.63, 3.8) is 0 Å². The van der Waals surface area contributed by atoms with Gasteiger partial charge < -0.3 is 16.2 Å². The number of carbonyl (C=O) groups is 3. The molecule has 1 saturated heterocycles. The van der Waals surface area contributed by atoms with E-state index in [-0.39, 0.29) is 18.0 Å². The maximum atomic E-state index is 12.6. The molecule has 0 aliphatic carbocycles. The van der Waals surface area contributed by atoms with Crippen molar-refractivity contribution >= 4 is 57.8 Å². The van der Waals surface area contributed by atoms with Crippen LogP contribution in [0.4, 0.5) is 5.13 Å². The highest BCUT2D eigenvalue weighted by molar-refractivity contribution is 8.06. The Labute approximate surface area is 170 Å². The van der Waals surface area contributed by atoms with Gasteiger partial charge in [0.15, 0.2) is 10.3 Å². The van der Waals surface area contributed by atoms with E-state index in [9.17, 15) is 19.5 Å².